The van der Waals surface area contributed by atoms with Crippen molar-refractivity contribution in [2.45, 2.75) is 37.6 Å². The molecule has 1 fully saturated rings. The van der Waals surface area contributed by atoms with E-state index in [-0.39, 0.29) is 17.8 Å². The summed E-state index contributed by atoms with van der Waals surface area (Å²) in [6.07, 6.45) is 3.82. The van der Waals surface area contributed by atoms with Gasteiger partial charge in [-0.15, -0.1) is 10.2 Å². The van der Waals surface area contributed by atoms with Crippen molar-refractivity contribution in [3.05, 3.63) is 42.4 Å². The average molecular weight is 429 g/mol. The molecule has 1 amide bonds. The number of methoxy groups -OCH3 is 1. The van der Waals surface area contributed by atoms with Gasteiger partial charge in [0.25, 0.3) is 0 Å². The zero-order chi connectivity index (χ0) is 20.9. The Morgan fingerprint density at radius 1 is 1.37 bits per heavy atom. The summed E-state index contributed by atoms with van der Waals surface area (Å²) in [4.78, 5) is 12.5. The molecule has 3 aromatic rings. The van der Waals surface area contributed by atoms with Gasteiger partial charge in [0.15, 0.2) is 11.0 Å². The van der Waals surface area contributed by atoms with Gasteiger partial charge in [-0.2, -0.15) is 0 Å². The fourth-order valence-corrected chi connectivity index (χ4v) is 4.14. The van der Waals surface area contributed by atoms with E-state index in [0.717, 1.165) is 36.6 Å². The number of aromatic nitrogens is 3. The number of anilines is 1. The van der Waals surface area contributed by atoms with Crippen LogP contribution in [-0.2, 0) is 16.1 Å². The van der Waals surface area contributed by atoms with Crippen LogP contribution in [0.3, 0.4) is 0 Å². The van der Waals surface area contributed by atoms with Crippen LogP contribution >= 0.6 is 11.8 Å². The summed E-state index contributed by atoms with van der Waals surface area (Å²) in [6.45, 7) is 3.32. The van der Waals surface area contributed by atoms with E-state index < -0.39 is 0 Å². The van der Waals surface area contributed by atoms with Crippen molar-refractivity contribution in [1.82, 2.24) is 14.8 Å². The second-order valence-electron chi connectivity index (χ2n) is 7.01. The topological polar surface area (TPSA) is 91.4 Å². The van der Waals surface area contributed by atoms with Crippen LogP contribution < -0.4 is 10.1 Å². The van der Waals surface area contributed by atoms with Gasteiger partial charge < -0.3 is 19.2 Å². The first-order valence-corrected chi connectivity index (χ1v) is 10.8. The number of carbonyl (C=O) groups excluding carboxylic acids is 1. The molecule has 4 rings (SSSR count). The Morgan fingerprint density at radius 2 is 2.27 bits per heavy atom. The molecule has 0 bridgehead atoms. The van der Waals surface area contributed by atoms with Crippen LogP contribution in [0.4, 0.5) is 5.69 Å². The van der Waals surface area contributed by atoms with E-state index in [2.05, 4.69) is 15.5 Å². The van der Waals surface area contributed by atoms with E-state index in [0.29, 0.717) is 23.1 Å². The predicted octanol–water partition coefficient (Wildman–Crippen LogP) is 3.76. The minimum absolute atomic E-state index is 0.122. The minimum Gasteiger partial charge on any atom is -0.497 e. The molecule has 0 aliphatic carbocycles. The molecule has 2 aromatic heterocycles. The first kappa shape index (κ1) is 20.5. The maximum Gasteiger partial charge on any atom is 0.234 e. The summed E-state index contributed by atoms with van der Waals surface area (Å²) in [7, 11) is 1.59. The molecule has 0 saturated carbocycles. The van der Waals surface area contributed by atoms with Crippen LogP contribution in [-0.4, -0.2) is 46.2 Å². The van der Waals surface area contributed by atoms with Crippen molar-refractivity contribution in [2.75, 3.05) is 24.8 Å². The highest BCUT2D eigenvalue weighted by Crippen LogP contribution is 2.29. The number of aryl methyl sites for hydroxylation is 1. The number of ether oxygens (including phenoxy) is 2. The molecule has 9 heteroatoms. The number of benzene rings is 1. The molecular formula is C21H24N4O4S. The Morgan fingerprint density at radius 3 is 3.00 bits per heavy atom. The third-order valence-electron chi connectivity index (χ3n) is 4.91. The summed E-state index contributed by atoms with van der Waals surface area (Å²) >= 11 is 1.35. The van der Waals surface area contributed by atoms with Crippen molar-refractivity contribution in [2.24, 2.45) is 0 Å². The molecule has 1 saturated heterocycles. The molecule has 3 heterocycles. The van der Waals surface area contributed by atoms with Gasteiger partial charge in [0.2, 0.25) is 5.91 Å². The molecule has 0 spiro atoms. The van der Waals surface area contributed by atoms with Crippen molar-refractivity contribution < 1.29 is 18.7 Å². The molecule has 8 nitrogen and oxygen atoms in total. The number of hydrogen-bond acceptors (Lipinski definition) is 7. The van der Waals surface area contributed by atoms with Crippen LogP contribution in [0.5, 0.6) is 5.75 Å². The van der Waals surface area contributed by atoms with Crippen molar-refractivity contribution in [3.8, 4) is 17.1 Å². The van der Waals surface area contributed by atoms with Gasteiger partial charge >= 0.3 is 0 Å². The number of carbonyl (C=O) groups is 1. The largest absolute Gasteiger partial charge is 0.497 e. The zero-order valence-electron chi connectivity index (χ0n) is 17.0. The number of rotatable bonds is 8. The van der Waals surface area contributed by atoms with E-state index in [1.54, 1.807) is 19.4 Å². The SMILES string of the molecule is COc1cccc(NC(=O)CSc2nnc(-c3ccoc3C)n2C[C@H]2CCCO2)c1. The minimum atomic E-state index is -0.124. The highest BCUT2D eigenvalue weighted by atomic mass is 32.2. The average Bonchev–Trinajstić information content (AvgIpc) is 3.49. The fourth-order valence-electron chi connectivity index (χ4n) is 3.40. The summed E-state index contributed by atoms with van der Waals surface area (Å²) < 4.78 is 18.5. The molecule has 0 radical (unpaired) electrons. The number of thioether (sulfide) groups is 1. The van der Waals surface area contributed by atoms with Gasteiger partial charge in [-0.3, -0.25) is 9.36 Å². The Bertz CT molecular complexity index is 1010. The first-order chi connectivity index (χ1) is 14.6. The second-order valence-corrected chi connectivity index (χ2v) is 7.95. The van der Waals surface area contributed by atoms with Gasteiger partial charge in [-0.05, 0) is 38.0 Å². The predicted molar refractivity (Wildman–Crippen MR) is 114 cm³/mol. The molecule has 1 aliphatic rings. The Kier molecular flexibility index (Phi) is 6.39. The number of hydrogen-bond donors (Lipinski definition) is 1. The van der Waals surface area contributed by atoms with Crippen LogP contribution in [0.2, 0.25) is 0 Å². The summed E-state index contributed by atoms with van der Waals surface area (Å²) in [5.41, 5.74) is 1.59. The van der Waals surface area contributed by atoms with Gasteiger partial charge in [0.05, 0.1) is 37.3 Å². The smallest absolute Gasteiger partial charge is 0.234 e. The van der Waals surface area contributed by atoms with Gasteiger partial charge in [0, 0.05) is 18.4 Å². The van der Waals surface area contributed by atoms with E-state index >= 15 is 0 Å². The highest BCUT2D eigenvalue weighted by molar-refractivity contribution is 7.99. The van der Waals surface area contributed by atoms with Crippen LogP contribution in [0.1, 0.15) is 18.6 Å². The van der Waals surface area contributed by atoms with Crippen LogP contribution in [0, 0.1) is 6.92 Å². The third kappa shape index (κ3) is 4.68. The Hall–Kier alpha value is -2.78. The van der Waals surface area contributed by atoms with E-state index in [4.69, 9.17) is 13.9 Å². The first-order valence-electron chi connectivity index (χ1n) is 9.80. The Balaban J connectivity index is 1.48. The Labute approximate surface area is 179 Å². The van der Waals surface area contributed by atoms with Gasteiger partial charge in [0.1, 0.15) is 11.5 Å². The molecule has 30 heavy (non-hydrogen) atoms. The molecule has 158 valence electrons. The van der Waals surface area contributed by atoms with E-state index in [1.807, 2.05) is 35.8 Å². The van der Waals surface area contributed by atoms with Crippen LogP contribution in [0.25, 0.3) is 11.4 Å². The maximum absolute atomic E-state index is 12.5. The van der Waals surface area contributed by atoms with Gasteiger partial charge in [-0.25, -0.2) is 0 Å². The zero-order valence-corrected chi connectivity index (χ0v) is 17.8. The standard InChI is InChI=1S/C21H24N4O4S/c1-14-18(8-10-28-14)20-23-24-21(25(20)12-17-7-4-9-29-17)30-13-19(26)22-15-5-3-6-16(11-15)27-2/h3,5-6,8,10-11,17H,4,7,9,12-13H2,1-2H3,(H,22,26)/t17-/m1/s1. The quantitative estimate of drug-likeness (QED) is 0.546. The number of amides is 1. The van der Waals surface area contributed by atoms with Crippen molar-refractivity contribution in [1.29, 1.82) is 0 Å². The molecule has 1 atom stereocenters. The molecule has 1 aliphatic heterocycles. The van der Waals surface area contributed by atoms with Crippen LogP contribution in [0.15, 0.2) is 46.2 Å². The molecule has 0 unspecified atom stereocenters. The summed E-state index contributed by atoms with van der Waals surface area (Å²) in [5, 5.41) is 12.3. The third-order valence-corrected chi connectivity index (χ3v) is 5.88. The lowest BCUT2D eigenvalue weighted by Crippen LogP contribution is -2.18. The van der Waals surface area contributed by atoms with E-state index in [9.17, 15) is 4.79 Å². The lowest BCUT2D eigenvalue weighted by Gasteiger charge is -2.14. The molecule has 1 N–H and O–H groups in total. The number of nitrogens with one attached hydrogen (secondary N) is 1. The molecular weight excluding hydrogens is 404 g/mol. The van der Waals surface area contributed by atoms with E-state index in [1.165, 1.54) is 11.8 Å². The fraction of sp³-hybridized carbons (Fsp3) is 0.381. The number of furan rings is 1. The lowest BCUT2D eigenvalue weighted by molar-refractivity contribution is -0.113. The lowest BCUT2D eigenvalue weighted by atomic mass is 10.2. The summed E-state index contributed by atoms with van der Waals surface area (Å²) in [6, 6.07) is 9.15. The van der Waals surface area contributed by atoms with Crippen molar-refractivity contribution >= 4 is 23.4 Å². The normalized spacial score (nSPS) is 16.0. The maximum atomic E-state index is 12.5. The highest BCUT2D eigenvalue weighted by Gasteiger charge is 2.23. The van der Waals surface area contributed by atoms with Crippen molar-refractivity contribution in [3.63, 3.8) is 0 Å². The molecule has 1 aromatic carbocycles. The summed E-state index contributed by atoms with van der Waals surface area (Å²) in [5.74, 6) is 2.29. The number of nitrogens with zero attached hydrogens (tertiary/aromatic N) is 3. The second kappa shape index (κ2) is 9.36. The van der Waals surface area contributed by atoms with Gasteiger partial charge in [-0.1, -0.05) is 17.8 Å². The monoisotopic (exact) mass is 428 g/mol.